The first-order chi connectivity index (χ1) is 14.1. The van der Waals surface area contributed by atoms with Gasteiger partial charge in [-0.2, -0.15) is 4.31 Å². The van der Waals surface area contributed by atoms with E-state index in [1.54, 1.807) is 23.5 Å². The molecule has 1 fully saturated rings. The molecule has 0 saturated carbocycles. The van der Waals surface area contributed by atoms with Crippen LogP contribution in [0, 0.1) is 0 Å². The molecule has 0 unspecified atom stereocenters. The topological polar surface area (TPSA) is 84.4 Å². The summed E-state index contributed by atoms with van der Waals surface area (Å²) in [6.45, 7) is 1.61. The highest BCUT2D eigenvalue weighted by molar-refractivity contribution is 7.98. The Hall–Kier alpha value is -1.98. The second-order valence-electron chi connectivity index (χ2n) is 6.27. The van der Waals surface area contributed by atoms with E-state index in [4.69, 9.17) is 4.74 Å². The SMILES string of the molecule is O=S(=O)(c1ccc(SCc2csc(Nc3ccccc3)n2)nc1)N1CCOCC1. The highest BCUT2D eigenvalue weighted by Gasteiger charge is 2.26. The number of hydrogen-bond donors (Lipinski definition) is 1. The van der Waals surface area contributed by atoms with Gasteiger partial charge < -0.3 is 10.1 Å². The molecule has 1 N–H and O–H groups in total. The lowest BCUT2D eigenvalue weighted by Crippen LogP contribution is -2.40. The molecule has 4 rings (SSSR count). The summed E-state index contributed by atoms with van der Waals surface area (Å²) in [7, 11) is -3.51. The van der Waals surface area contributed by atoms with Crippen LogP contribution in [0.2, 0.25) is 0 Å². The number of rotatable bonds is 7. The van der Waals surface area contributed by atoms with Gasteiger partial charge in [0.15, 0.2) is 5.13 Å². The number of para-hydroxylation sites is 1. The van der Waals surface area contributed by atoms with Crippen LogP contribution < -0.4 is 5.32 Å². The zero-order valence-corrected chi connectivity index (χ0v) is 18.0. The normalized spacial score (nSPS) is 15.3. The smallest absolute Gasteiger partial charge is 0.244 e. The van der Waals surface area contributed by atoms with Crippen LogP contribution in [0.3, 0.4) is 0 Å². The fourth-order valence-corrected chi connectivity index (χ4v) is 5.69. The van der Waals surface area contributed by atoms with E-state index in [0.29, 0.717) is 32.1 Å². The predicted octanol–water partition coefficient (Wildman–Crippen LogP) is 3.59. The third-order valence-electron chi connectivity index (χ3n) is 4.26. The monoisotopic (exact) mass is 448 g/mol. The van der Waals surface area contributed by atoms with Gasteiger partial charge in [0.1, 0.15) is 4.90 Å². The Balaban J connectivity index is 1.35. The van der Waals surface area contributed by atoms with Crippen molar-refractivity contribution in [1.82, 2.24) is 14.3 Å². The number of thiazole rings is 1. The van der Waals surface area contributed by atoms with Gasteiger partial charge in [0, 0.05) is 36.1 Å². The van der Waals surface area contributed by atoms with Crippen LogP contribution in [0.15, 0.2) is 64.0 Å². The molecule has 0 atom stereocenters. The van der Waals surface area contributed by atoms with E-state index in [-0.39, 0.29) is 4.90 Å². The number of pyridine rings is 1. The van der Waals surface area contributed by atoms with Crippen molar-refractivity contribution >= 4 is 43.9 Å². The van der Waals surface area contributed by atoms with Crippen LogP contribution >= 0.6 is 23.1 Å². The lowest BCUT2D eigenvalue weighted by atomic mass is 10.3. The van der Waals surface area contributed by atoms with Crippen molar-refractivity contribution in [1.29, 1.82) is 0 Å². The first-order valence-corrected chi connectivity index (χ1v) is 12.3. The van der Waals surface area contributed by atoms with E-state index in [9.17, 15) is 8.42 Å². The molecule has 7 nitrogen and oxygen atoms in total. The summed E-state index contributed by atoms with van der Waals surface area (Å²) in [5.41, 5.74) is 1.95. The molecule has 1 aromatic carbocycles. The second kappa shape index (κ2) is 9.23. The van der Waals surface area contributed by atoms with Gasteiger partial charge in [-0.15, -0.1) is 23.1 Å². The lowest BCUT2D eigenvalue weighted by molar-refractivity contribution is 0.0730. The Morgan fingerprint density at radius 2 is 1.93 bits per heavy atom. The molecule has 1 aliphatic rings. The Bertz CT molecular complexity index is 1030. The fraction of sp³-hybridized carbons (Fsp3) is 0.263. The zero-order chi connectivity index (χ0) is 20.1. The van der Waals surface area contributed by atoms with Crippen LogP contribution in [0.5, 0.6) is 0 Å². The average Bonchev–Trinajstić information content (AvgIpc) is 3.21. The standard InChI is InChI=1S/C19H20N4O3S3/c24-29(25,23-8-10-26-11-9-23)17-6-7-18(20-12-17)27-13-16-14-28-19(22-16)21-15-4-2-1-3-5-15/h1-7,12,14H,8-11,13H2,(H,21,22). The van der Waals surface area contributed by atoms with Gasteiger partial charge in [-0.3, -0.25) is 0 Å². The number of nitrogens with one attached hydrogen (secondary N) is 1. The van der Waals surface area contributed by atoms with Crippen LogP contribution in [-0.2, 0) is 20.5 Å². The first-order valence-electron chi connectivity index (χ1n) is 9.04. The lowest BCUT2D eigenvalue weighted by Gasteiger charge is -2.25. The van der Waals surface area contributed by atoms with Gasteiger partial charge in [0.25, 0.3) is 0 Å². The minimum Gasteiger partial charge on any atom is -0.379 e. The maximum absolute atomic E-state index is 12.6. The van der Waals surface area contributed by atoms with Crippen molar-refractivity contribution in [3.05, 3.63) is 59.7 Å². The number of hydrogen-bond acceptors (Lipinski definition) is 8. The number of anilines is 2. The van der Waals surface area contributed by atoms with Gasteiger partial charge in [0.05, 0.1) is 23.9 Å². The van der Waals surface area contributed by atoms with E-state index in [1.165, 1.54) is 22.3 Å². The Kier molecular flexibility index (Phi) is 6.46. The Morgan fingerprint density at radius 3 is 2.66 bits per heavy atom. The van der Waals surface area contributed by atoms with Crippen molar-refractivity contribution in [3.63, 3.8) is 0 Å². The number of nitrogens with zero attached hydrogens (tertiary/aromatic N) is 3. The van der Waals surface area contributed by atoms with E-state index in [1.807, 2.05) is 35.7 Å². The van der Waals surface area contributed by atoms with Gasteiger partial charge in [-0.05, 0) is 24.3 Å². The summed E-state index contributed by atoms with van der Waals surface area (Å²) >= 11 is 3.08. The zero-order valence-electron chi connectivity index (χ0n) is 15.5. The summed E-state index contributed by atoms with van der Waals surface area (Å²) in [5.74, 6) is 0.662. The molecule has 0 bridgehead atoms. The molecule has 0 amide bonds. The number of ether oxygens (including phenoxy) is 1. The van der Waals surface area contributed by atoms with Gasteiger partial charge in [0.2, 0.25) is 10.0 Å². The molecule has 1 saturated heterocycles. The van der Waals surface area contributed by atoms with E-state index in [2.05, 4.69) is 15.3 Å². The third-order valence-corrected chi connectivity index (χ3v) is 7.93. The van der Waals surface area contributed by atoms with Crippen molar-refractivity contribution in [2.75, 3.05) is 31.6 Å². The maximum Gasteiger partial charge on any atom is 0.244 e. The highest BCUT2D eigenvalue weighted by atomic mass is 32.2. The molecule has 0 radical (unpaired) electrons. The summed E-state index contributed by atoms with van der Waals surface area (Å²) in [6, 6.07) is 13.3. The highest BCUT2D eigenvalue weighted by Crippen LogP contribution is 2.26. The molecular weight excluding hydrogens is 428 g/mol. The fourth-order valence-electron chi connectivity index (χ4n) is 2.76. The Morgan fingerprint density at radius 1 is 1.14 bits per heavy atom. The third kappa shape index (κ3) is 5.14. The number of benzene rings is 1. The minimum absolute atomic E-state index is 0.215. The van der Waals surface area contributed by atoms with Crippen molar-refractivity contribution < 1.29 is 13.2 Å². The van der Waals surface area contributed by atoms with Crippen molar-refractivity contribution in [3.8, 4) is 0 Å². The maximum atomic E-state index is 12.6. The van der Waals surface area contributed by atoms with Crippen LogP contribution in [0.25, 0.3) is 0 Å². The summed E-state index contributed by atoms with van der Waals surface area (Å²) < 4.78 is 31.9. The molecule has 3 heterocycles. The van der Waals surface area contributed by atoms with Gasteiger partial charge in [-0.25, -0.2) is 18.4 Å². The van der Waals surface area contributed by atoms with Crippen molar-refractivity contribution in [2.24, 2.45) is 0 Å². The van der Waals surface area contributed by atoms with Crippen LogP contribution in [-0.4, -0.2) is 49.0 Å². The molecular formula is C19H20N4O3S3. The summed E-state index contributed by atoms with van der Waals surface area (Å²) in [6.07, 6.45) is 1.43. The number of aromatic nitrogens is 2. The van der Waals surface area contributed by atoms with E-state index < -0.39 is 10.0 Å². The molecule has 10 heteroatoms. The van der Waals surface area contributed by atoms with Gasteiger partial charge >= 0.3 is 0 Å². The molecule has 0 spiro atoms. The summed E-state index contributed by atoms with van der Waals surface area (Å²) in [4.78, 5) is 9.11. The molecule has 2 aromatic heterocycles. The van der Waals surface area contributed by atoms with Crippen LogP contribution in [0.4, 0.5) is 10.8 Å². The van der Waals surface area contributed by atoms with E-state index in [0.717, 1.165) is 21.5 Å². The van der Waals surface area contributed by atoms with Gasteiger partial charge in [-0.1, -0.05) is 18.2 Å². The molecule has 3 aromatic rings. The number of sulfonamides is 1. The summed E-state index contributed by atoms with van der Waals surface area (Å²) in [5, 5.41) is 6.89. The Labute approximate surface area is 178 Å². The quantitative estimate of drug-likeness (QED) is 0.553. The molecule has 0 aliphatic carbocycles. The molecule has 152 valence electrons. The number of morpholine rings is 1. The van der Waals surface area contributed by atoms with Crippen molar-refractivity contribution in [2.45, 2.75) is 15.7 Å². The van der Waals surface area contributed by atoms with E-state index >= 15 is 0 Å². The molecule has 1 aliphatic heterocycles. The average molecular weight is 449 g/mol. The number of thioether (sulfide) groups is 1. The largest absolute Gasteiger partial charge is 0.379 e. The second-order valence-corrected chi connectivity index (χ2v) is 10.1. The van der Waals surface area contributed by atoms with Crippen LogP contribution in [0.1, 0.15) is 5.69 Å². The molecule has 29 heavy (non-hydrogen) atoms. The minimum atomic E-state index is -3.51. The predicted molar refractivity (Wildman–Crippen MR) is 115 cm³/mol. The first kappa shape index (κ1) is 20.3.